The van der Waals surface area contributed by atoms with Gasteiger partial charge in [-0.25, -0.2) is 0 Å². The SMILES string of the molecule is N.N.N.N.[Ru]. The third kappa shape index (κ3) is 126. The number of hydrogen-bond donors (Lipinski definition) is 4. The van der Waals surface area contributed by atoms with E-state index in [-0.39, 0.29) is 44.1 Å². The average Bonchev–Trinajstić information content (AvgIpc) is 0. The maximum Gasteiger partial charge on any atom is 0 e. The minimum atomic E-state index is 0. The first-order chi connectivity index (χ1) is 0. The summed E-state index contributed by atoms with van der Waals surface area (Å²) in [4.78, 5) is 0. The molecule has 5 heteroatoms. The van der Waals surface area contributed by atoms with Crippen LogP contribution in [0.4, 0.5) is 0 Å². The number of rotatable bonds is 0. The summed E-state index contributed by atoms with van der Waals surface area (Å²) in [5, 5.41) is 0. The average molecular weight is 169 g/mol. The van der Waals surface area contributed by atoms with Gasteiger partial charge in [-0.1, -0.05) is 0 Å². The summed E-state index contributed by atoms with van der Waals surface area (Å²) in [7, 11) is 0. The third-order valence-corrected chi connectivity index (χ3v) is 0. The Morgan fingerprint density at radius 1 is 0.400 bits per heavy atom. The van der Waals surface area contributed by atoms with Crippen LogP contribution in [0.3, 0.4) is 0 Å². The molecular weight excluding hydrogens is 157 g/mol. The van der Waals surface area contributed by atoms with E-state index in [9.17, 15) is 0 Å². The van der Waals surface area contributed by atoms with Crippen LogP contribution >= 0.6 is 0 Å². The van der Waals surface area contributed by atoms with Gasteiger partial charge in [-0.3, -0.25) is 0 Å². The molecule has 0 aromatic heterocycles. The molecule has 0 spiro atoms. The molecule has 0 heterocycles. The van der Waals surface area contributed by atoms with Crippen LogP contribution in [0.2, 0.25) is 0 Å². The predicted octanol–water partition coefficient (Wildman–Crippen LogP) is 0.645. The molecule has 40 valence electrons. The zero-order chi connectivity index (χ0) is 0. The van der Waals surface area contributed by atoms with E-state index in [1.54, 1.807) is 0 Å². The zero-order valence-corrected chi connectivity index (χ0v) is 4.92. The molecule has 0 amide bonds. The third-order valence-electron chi connectivity index (χ3n) is 0. The van der Waals surface area contributed by atoms with Crippen LogP contribution < -0.4 is 24.6 Å². The van der Waals surface area contributed by atoms with Gasteiger partial charge in [-0.15, -0.1) is 0 Å². The molecule has 0 saturated heterocycles. The van der Waals surface area contributed by atoms with E-state index in [0.29, 0.717) is 0 Å². The van der Waals surface area contributed by atoms with E-state index in [4.69, 9.17) is 0 Å². The molecule has 0 aliphatic carbocycles. The molecule has 0 aliphatic rings. The van der Waals surface area contributed by atoms with E-state index in [2.05, 4.69) is 0 Å². The molecule has 0 rings (SSSR count). The van der Waals surface area contributed by atoms with Crippen molar-refractivity contribution < 1.29 is 19.5 Å². The molecule has 5 heavy (non-hydrogen) atoms. The Morgan fingerprint density at radius 3 is 0.400 bits per heavy atom. The summed E-state index contributed by atoms with van der Waals surface area (Å²) in [6, 6.07) is 0. The maximum absolute atomic E-state index is 0. The Bertz CT molecular complexity index is 3.61. The van der Waals surface area contributed by atoms with Gasteiger partial charge >= 0.3 is 0 Å². The van der Waals surface area contributed by atoms with E-state index in [1.807, 2.05) is 0 Å². The molecule has 0 bridgehead atoms. The molecule has 4 nitrogen and oxygen atoms in total. The van der Waals surface area contributed by atoms with Gasteiger partial charge < -0.3 is 24.6 Å². The van der Waals surface area contributed by atoms with Crippen molar-refractivity contribution in [2.75, 3.05) is 0 Å². The minimum absolute atomic E-state index is 0. The fraction of sp³-hybridized carbons (Fsp3) is 0. The molecule has 0 unspecified atom stereocenters. The van der Waals surface area contributed by atoms with Crippen molar-refractivity contribution in [3.05, 3.63) is 0 Å². The van der Waals surface area contributed by atoms with Crippen molar-refractivity contribution >= 4 is 0 Å². The van der Waals surface area contributed by atoms with E-state index < -0.39 is 0 Å². The second-order valence-electron chi connectivity index (χ2n) is 0. The summed E-state index contributed by atoms with van der Waals surface area (Å²) in [5.41, 5.74) is 0. The van der Waals surface area contributed by atoms with Crippen LogP contribution in [0.1, 0.15) is 0 Å². The van der Waals surface area contributed by atoms with E-state index in [1.165, 1.54) is 0 Å². The number of hydrogen-bond acceptors (Lipinski definition) is 4. The van der Waals surface area contributed by atoms with Crippen molar-refractivity contribution in [2.45, 2.75) is 0 Å². The second kappa shape index (κ2) is 249. The van der Waals surface area contributed by atoms with Crippen molar-refractivity contribution in [1.82, 2.24) is 24.6 Å². The topological polar surface area (TPSA) is 140 Å². The quantitative estimate of drug-likeness (QED) is 0.395. The molecule has 0 radical (unpaired) electrons. The van der Waals surface area contributed by atoms with Gasteiger partial charge in [0.25, 0.3) is 0 Å². The van der Waals surface area contributed by atoms with Gasteiger partial charge in [0.1, 0.15) is 0 Å². The molecule has 0 saturated carbocycles. The molecule has 12 N–H and O–H groups in total. The van der Waals surface area contributed by atoms with E-state index in [0.717, 1.165) is 0 Å². The Kier molecular flexibility index (Phi) is 25300. The smallest absolute Gasteiger partial charge is 0 e. The standard InChI is InChI=1S/4H3N.Ru/h4*1H3;. The molecule has 0 aliphatic heterocycles. The van der Waals surface area contributed by atoms with Gasteiger partial charge in [0.15, 0.2) is 0 Å². The van der Waals surface area contributed by atoms with Gasteiger partial charge in [0.2, 0.25) is 0 Å². The Morgan fingerprint density at radius 2 is 0.400 bits per heavy atom. The largest absolute Gasteiger partial charge is 0.344 e. The van der Waals surface area contributed by atoms with Crippen LogP contribution in [0, 0.1) is 0 Å². The summed E-state index contributed by atoms with van der Waals surface area (Å²) in [6.45, 7) is 0. The first-order valence-electron chi connectivity index (χ1n) is 0. The first-order valence-corrected chi connectivity index (χ1v) is 0. The Balaban J connectivity index is 0. The van der Waals surface area contributed by atoms with Crippen LogP contribution in [0.5, 0.6) is 0 Å². The first kappa shape index (κ1) is 507. The van der Waals surface area contributed by atoms with Gasteiger partial charge in [0, 0.05) is 19.5 Å². The van der Waals surface area contributed by atoms with Gasteiger partial charge in [0.05, 0.1) is 0 Å². The van der Waals surface area contributed by atoms with Gasteiger partial charge in [-0.2, -0.15) is 0 Å². The summed E-state index contributed by atoms with van der Waals surface area (Å²) < 4.78 is 0. The molecular formula is H12N4Ru. The molecule has 0 atom stereocenters. The monoisotopic (exact) mass is 170 g/mol. The summed E-state index contributed by atoms with van der Waals surface area (Å²) in [5.74, 6) is 0. The van der Waals surface area contributed by atoms with Crippen LogP contribution in [-0.2, 0) is 19.5 Å². The summed E-state index contributed by atoms with van der Waals surface area (Å²) in [6.07, 6.45) is 0. The minimum Gasteiger partial charge on any atom is -0.344 e. The van der Waals surface area contributed by atoms with Crippen molar-refractivity contribution in [2.24, 2.45) is 0 Å². The van der Waals surface area contributed by atoms with Gasteiger partial charge in [-0.05, 0) is 0 Å². The molecule has 0 fully saturated rings. The molecule has 0 aromatic carbocycles. The predicted molar refractivity (Wildman–Crippen MR) is 20.1 cm³/mol. The van der Waals surface area contributed by atoms with Crippen molar-refractivity contribution in [1.29, 1.82) is 0 Å². The fourth-order valence-electron chi connectivity index (χ4n) is 0. The van der Waals surface area contributed by atoms with Crippen LogP contribution in [0.25, 0.3) is 0 Å². The van der Waals surface area contributed by atoms with Crippen molar-refractivity contribution in [3.63, 3.8) is 0 Å². The van der Waals surface area contributed by atoms with Crippen molar-refractivity contribution in [3.8, 4) is 0 Å². The normalized spacial score (nSPS) is 0. The zero-order valence-electron chi connectivity index (χ0n) is 3.18. The fourth-order valence-corrected chi connectivity index (χ4v) is 0. The van der Waals surface area contributed by atoms with Crippen LogP contribution in [0.15, 0.2) is 0 Å². The second-order valence-corrected chi connectivity index (χ2v) is 0. The van der Waals surface area contributed by atoms with E-state index >= 15 is 0 Å². The van der Waals surface area contributed by atoms with Crippen LogP contribution in [-0.4, -0.2) is 0 Å². The maximum atomic E-state index is 0. The Hall–Kier alpha value is 0.463. The Labute approximate surface area is 44.8 Å². The molecule has 0 aromatic rings. The summed E-state index contributed by atoms with van der Waals surface area (Å²) >= 11 is 0.